The van der Waals surface area contributed by atoms with Gasteiger partial charge in [0, 0.05) is 13.5 Å². The first-order chi connectivity index (χ1) is 23.7. The summed E-state index contributed by atoms with van der Waals surface area (Å²) in [6, 6.07) is 0. The van der Waals surface area contributed by atoms with Gasteiger partial charge in [0.15, 0.2) is 6.17 Å². The molecule has 4 saturated carbocycles. The molecule has 0 aromatic rings. The summed E-state index contributed by atoms with van der Waals surface area (Å²) >= 11 is 0. The van der Waals surface area contributed by atoms with Crippen LogP contribution in [0.15, 0.2) is 0 Å². The number of carbonyl (C=O) groups excluding carboxylic acids is 3. The minimum atomic E-state index is -6.07. The van der Waals surface area contributed by atoms with E-state index in [1.54, 1.807) is 20.8 Å². The lowest BCUT2D eigenvalue weighted by molar-refractivity contribution is -0.215. The molecule has 300 valence electrons. The molecule has 4 rings (SSSR count). The molecule has 0 aromatic carbocycles. The Bertz CT molecular complexity index is 1420. The van der Waals surface area contributed by atoms with Gasteiger partial charge in [0.2, 0.25) is 0 Å². The second-order valence-corrected chi connectivity index (χ2v) is 18.7. The Morgan fingerprint density at radius 3 is 1.75 bits per heavy atom. The van der Waals surface area contributed by atoms with E-state index in [0.717, 1.165) is 25.7 Å². The Balaban J connectivity index is 1.91. The summed E-state index contributed by atoms with van der Waals surface area (Å²) in [5, 5.41) is 5.53. The monoisotopic (exact) mass is 770 g/mol. The topological polar surface area (TPSA) is 180 Å². The Morgan fingerprint density at radius 1 is 0.788 bits per heavy atom. The molecule has 0 aliphatic heterocycles. The van der Waals surface area contributed by atoms with Crippen LogP contribution in [-0.2, 0) is 48.2 Å². The fraction of sp³-hybridized carbons (Fsp3) is 0.889. The zero-order valence-corrected chi connectivity index (χ0v) is 32.4. The molecule has 0 aromatic heterocycles. The summed E-state index contributed by atoms with van der Waals surface area (Å²) in [5.41, 5.74) is -7.12. The van der Waals surface area contributed by atoms with E-state index in [2.05, 4.69) is 0 Å². The van der Waals surface area contributed by atoms with Gasteiger partial charge < -0.3 is 24.1 Å². The second kappa shape index (κ2) is 15.7. The summed E-state index contributed by atoms with van der Waals surface area (Å²) < 4.78 is 93.7. The van der Waals surface area contributed by atoms with Crippen molar-refractivity contribution in [1.29, 1.82) is 0 Å². The lowest BCUT2D eigenvalue weighted by atomic mass is 9.50. The summed E-state index contributed by atoms with van der Waals surface area (Å²) in [6.45, 7) is 10.1. The molecule has 4 atom stereocenters. The van der Waals surface area contributed by atoms with E-state index in [0.29, 0.717) is 11.8 Å². The van der Waals surface area contributed by atoms with Crippen LogP contribution in [-0.4, -0.2) is 85.9 Å². The van der Waals surface area contributed by atoms with Gasteiger partial charge in [-0.15, -0.1) is 0 Å². The molecule has 4 fully saturated rings. The first kappa shape index (κ1) is 43.9. The van der Waals surface area contributed by atoms with Gasteiger partial charge in [-0.1, -0.05) is 6.92 Å². The van der Waals surface area contributed by atoms with Crippen LogP contribution in [0.5, 0.6) is 0 Å². The lowest BCUT2D eigenvalue weighted by Crippen LogP contribution is -2.59. The second-order valence-electron chi connectivity index (χ2n) is 17.2. The molecule has 4 unspecified atom stereocenters. The van der Waals surface area contributed by atoms with E-state index in [4.69, 9.17) is 23.5 Å². The van der Waals surface area contributed by atoms with Gasteiger partial charge in [-0.25, -0.2) is 4.39 Å². The van der Waals surface area contributed by atoms with E-state index in [9.17, 15) is 45.9 Å². The highest BCUT2D eigenvalue weighted by molar-refractivity contribution is 7.86. The van der Waals surface area contributed by atoms with Crippen LogP contribution in [0.3, 0.4) is 0 Å². The minimum absolute atomic E-state index is 0.0321. The highest BCUT2D eigenvalue weighted by Crippen LogP contribution is 2.60. The molecule has 4 aliphatic carbocycles. The highest BCUT2D eigenvalue weighted by Gasteiger charge is 2.60. The van der Waals surface area contributed by atoms with Crippen molar-refractivity contribution in [3.63, 3.8) is 0 Å². The number of carboxylic acids is 1. The van der Waals surface area contributed by atoms with E-state index < -0.39 is 92.1 Å². The molecule has 0 radical (unpaired) electrons. The van der Waals surface area contributed by atoms with Crippen LogP contribution in [0.4, 0.5) is 13.2 Å². The molecule has 16 heteroatoms. The molecular formula is C36H57F3O12S. The third-order valence-electron chi connectivity index (χ3n) is 12.1. The van der Waals surface area contributed by atoms with Crippen LogP contribution >= 0.6 is 0 Å². The van der Waals surface area contributed by atoms with Crippen LogP contribution in [0.25, 0.3) is 0 Å². The van der Waals surface area contributed by atoms with Gasteiger partial charge in [0.05, 0.1) is 34.9 Å². The number of halogens is 3. The number of hydrogen-bond donors (Lipinski definition) is 2. The molecule has 52 heavy (non-hydrogen) atoms. The SMILES string of the molecule is CCC(C)(CC(C)(CC(C)(CC(C)(C)C(=O)OCCC(F)C(F)(F)S(=O)(=O)O)C(=O)O)C(=O)OC1(C)C2CC3CC(C2)CC1C3)C(=O)OCCOC. The van der Waals surface area contributed by atoms with Crippen molar-refractivity contribution in [1.82, 2.24) is 0 Å². The fourth-order valence-corrected chi connectivity index (χ4v) is 9.75. The number of carboxylic acid groups (broad SMARTS) is 1. The number of carbonyl (C=O) groups is 4. The van der Waals surface area contributed by atoms with Crippen LogP contribution in [0, 0.1) is 45.3 Å². The summed E-state index contributed by atoms with van der Waals surface area (Å²) in [4.78, 5) is 54.4. The first-order valence-corrected chi connectivity index (χ1v) is 19.4. The maximum absolute atomic E-state index is 14.7. The van der Waals surface area contributed by atoms with Gasteiger partial charge >= 0.3 is 39.2 Å². The van der Waals surface area contributed by atoms with Crippen molar-refractivity contribution in [2.24, 2.45) is 45.3 Å². The molecule has 4 aliphatic rings. The molecule has 12 nitrogen and oxygen atoms in total. The van der Waals surface area contributed by atoms with E-state index in [1.165, 1.54) is 34.3 Å². The van der Waals surface area contributed by atoms with Crippen molar-refractivity contribution < 1.29 is 69.4 Å². The average Bonchev–Trinajstić information content (AvgIpc) is 3.02. The van der Waals surface area contributed by atoms with Crippen LogP contribution < -0.4 is 0 Å². The third-order valence-corrected chi connectivity index (χ3v) is 13.1. The van der Waals surface area contributed by atoms with Crippen molar-refractivity contribution in [3.8, 4) is 0 Å². The van der Waals surface area contributed by atoms with Crippen molar-refractivity contribution >= 4 is 34.0 Å². The molecule has 0 spiro atoms. The highest BCUT2D eigenvalue weighted by atomic mass is 32.2. The molecule has 0 heterocycles. The van der Waals surface area contributed by atoms with Gasteiger partial charge in [-0.2, -0.15) is 17.2 Å². The van der Waals surface area contributed by atoms with E-state index in [-0.39, 0.29) is 44.3 Å². The van der Waals surface area contributed by atoms with Gasteiger partial charge in [-0.05, 0) is 123 Å². The Morgan fingerprint density at radius 2 is 1.29 bits per heavy atom. The molecule has 0 saturated heterocycles. The zero-order chi connectivity index (χ0) is 39.7. The van der Waals surface area contributed by atoms with E-state index >= 15 is 0 Å². The summed E-state index contributed by atoms with van der Waals surface area (Å²) in [5.74, 6) is -2.26. The van der Waals surface area contributed by atoms with Crippen LogP contribution in [0.1, 0.15) is 113 Å². The molecule has 2 N–H and O–H groups in total. The van der Waals surface area contributed by atoms with Gasteiger partial charge in [0.25, 0.3) is 0 Å². The van der Waals surface area contributed by atoms with Gasteiger partial charge in [0.1, 0.15) is 12.2 Å². The third kappa shape index (κ3) is 9.24. The predicted molar refractivity (Wildman–Crippen MR) is 181 cm³/mol. The number of methoxy groups -OCH3 is 1. The van der Waals surface area contributed by atoms with Crippen molar-refractivity contribution in [2.45, 2.75) is 130 Å². The minimum Gasteiger partial charge on any atom is -0.481 e. The number of esters is 3. The quantitative estimate of drug-likeness (QED) is 0.0604. The summed E-state index contributed by atoms with van der Waals surface area (Å²) in [6.07, 6.45) is -0.468. The Kier molecular flexibility index (Phi) is 13.3. The molecule has 0 amide bonds. The molecular weight excluding hydrogens is 713 g/mol. The van der Waals surface area contributed by atoms with Crippen molar-refractivity contribution in [3.05, 3.63) is 0 Å². The number of alkyl halides is 3. The smallest absolute Gasteiger partial charge is 0.400 e. The predicted octanol–water partition coefficient (Wildman–Crippen LogP) is 6.40. The normalized spacial score (nSPS) is 28.5. The zero-order valence-electron chi connectivity index (χ0n) is 31.6. The summed E-state index contributed by atoms with van der Waals surface area (Å²) in [7, 11) is -4.62. The number of rotatable bonds is 20. The maximum atomic E-state index is 14.7. The lowest BCUT2D eigenvalue weighted by Gasteiger charge is -2.59. The average molecular weight is 771 g/mol. The number of aliphatic carboxylic acids is 1. The number of ether oxygens (including phenoxy) is 4. The number of hydrogen-bond acceptors (Lipinski definition) is 10. The maximum Gasteiger partial charge on any atom is 0.400 e. The first-order valence-electron chi connectivity index (χ1n) is 18.0. The Labute approximate surface area is 305 Å². The van der Waals surface area contributed by atoms with E-state index in [1.807, 2.05) is 6.92 Å². The Hall–Kier alpha value is -2.46. The van der Waals surface area contributed by atoms with Crippen LogP contribution in [0.2, 0.25) is 0 Å². The standard InChI is InChI=1S/C36H57F3O12S/c1-9-32(4,29(43)50-13-12-48-8)20-34(6,30(44)51-35(7)24-15-22-14-23(17-24)18-25(35)16-22)21-33(5,27(40)41)19-31(2,3)28(42)49-11-10-26(37)36(38,39)52(45,46)47/h22-26H,9-21H2,1-8H3,(H,40,41)(H,45,46,47). The van der Waals surface area contributed by atoms with Gasteiger partial charge in [-0.3, -0.25) is 23.7 Å². The molecule has 4 bridgehead atoms. The largest absolute Gasteiger partial charge is 0.481 e. The fourth-order valence-electron chi connectivity index (χ4n) is 9.31. The van der Waals surface area contributed by atoms with Crippen molar-refractivity contribution in [2.75, 3.05) is 26.9 Å².